The number of alkyl halides is 3. The summed E-state index contributed by atoms with van der Waals surface area (Å²) in [7, 11) is 0. The summed E-state index contributed by atoms with van der Waals surface area (Å²) in [5, 5.41) is 0. The first kappa shape index (κ1) is 15.5. The summed E-state index contributed by atoms with van der Waals surface area (Å²) in [6.07, 6.45) is 1.46. The van der Waals surface area contributed by atoms with Crippen LogP contribution in [0.5, 0.6) is 5.75 Å². The third-order valence-electron chi connectivity index (χ3n) is 3.98. The fraction of sp³-hybridized carbons (Fsp3) is 0.600. The number of ether oxygens (including phenoxy) is 1. The van der Waals surface area contributed by atoms with Crippen molar-refractivity contribution >= 4 is 12.6 Å². The van der Waals surface area contributed by atoms with Crippen LogP contribution in [0.2, 0.25) is 0 Å². The van der Waals surface area contributed by atoms with Crippen molar-refractivity contribution in [1.82, 2.24) is 0 Å². The summed E-state index contributed by atoms with van der Waals surface area (Å²) in [6.45, 7) is 0.530. The van der Waals surface area contributed by atoms with Gasteiger partial charge in [-0.3, -0.25) is 0 Å². The highest BCUT2D eigenvalue weighted by molar-refractivity contribution is 7.80. The fourth-order valence-corrected chi connectivity index (χ4v) is 3.03. The molecule has 0 spiro atoms. The van der Waals surface area contributed by atoms with Crippen molar-refractivity contribution in [3.63, 3.8) is 0 Å². The van der Waals surface area contributed by atoms with Gasteiger partial charge in [-0.2, -0.15) is 25.8 Å². The molecule has 0 bridgehead atoms. The molecule has 0 unspecified atom stereocenters. The largest absolute Gasteiger partial charge is 0.493 e. The molecule has 0 radical (unpaired) electrons. The number of hydrogen-bond donors (Lipinski definition) is 1. The number of halogens is 3. The van der Waals surface area contributed by atoms with Crippen LogP contribution >= 0.6 is 12.6 Å². The van der Waals surface area contributed by atoms with Crippen LogP contribution in [-0.4, -0.2) is 12.4 Å². The maximum atomic E-state index is 12.5. The van der Waals surface area contributed by atoms with Gasteiger partial charge >= 0.3 is 6.18 Å². The van der Waals surface area contributed by atoms with Crippen LogP contribution < -0.4 is 4.74 Å². The molecule has 112 valence electrons. The Morgan fingerprint density at radius 3 is 2.15 bits per heavy atom. The van der Waals surface area contributed by atoms with Crippen LogP contribution in [-0.2, 0) is 6.18 Å². The van der Waals surface area contributed by atoms with Gasteiger partial charge in [-0.1, -0.05) is 19.3 Å². The van der Waals surface area contributed by atoms with E-state index >= 15 is 0 Å². The number of hydrogen-bond acceptors (Lipinski definition) is 2. The van der Waals surface area contributed by atoms with Crippen LogP contribution in [0, 0.1) is 5.41 Å². The number of rotatable bonds is 4. The van der Waals surface area contributed by atoms with Crippen molar-refractivity contribution < 1.29 is 17.9 Å². The molecule has 1 fully saturated rings. The van der Waals surface area contributed by atoms with Gasteiger partial charge < -0.3 is 4.74 Å². The monoisotopic (exact) mass is 304 g/mol. The number of benzene rings is 1. The smallest absolute Gasteiger partial charge is 0.416 e. The molecule has 0 atom stereocenters. The second-order valence-corrected chi connectivity index (χ2v) is 5.85. The molecular formula is C15H19F3OS. The van der Waals surface area contributed by atoms with Crippen molar-refractivity contribution in [1.29, 1.82) is 0 Å². The lowest BCUT2D eigenvalue weighted by Gasteiger charge is -2.35. The molecule has 1 aromatic carbocycles. The Hall–Kier alpha value is -0.840. The van der Waals surface area contributed by atoms with Gasteiger partial charge in [0.2, 0.25) is 0 Å². The zero-order valence-corrected chi connectivity index (χ0v) is 12.1. The van der Waals surface area contributed by atoms with Crippen LogP contribution in [0.4, 0.5) is 13.2 Å². The predicted molar refractivity (Wildman–Crippen MR) is 76.3 cm³/mol. The van der Waals surface area contributed by atoms with Crippen molar-refractivity contribution in [2.45, 2.75) is 38.3 Å². The van der Waals surface area contributed by atoms with E-state index in [9.17, 15) is 13.2 Å². The first-order valence-electron chi connectivity index (χ1n) is 6.86. The Kier molecular flexibility index (Phi) is 4.89. The molecule has 0 aromatic heterocycles. The van der Waals surface area contributed by atoms with Crippen molar-refractivity contribution in [3.8, 4) is 5.75 Å². The molecule has 1 aromatic rings. The highest BCUT2D eigenvalue weighted by Crippen LogP contribution is 2.38. The lowest BCUT2D eigenvalue weighted by atomic mass is 9.76. The highest BCUT2D eigenvalue weighted by Gasteiger charge is 2.32. The number of thiol groups is 1. The minimum atomic E-state index is -4.30. The Morgan fingerprint density at radius 1 is 1.05 bits per heavy atom. The Morgan fingerprint density at radius 2 is 1.65 bits per heavy atom. The second-order valence-electron chi connectivity index (χ2n) is 5.53. The van der Waals surface area contributed by atoms with Crippen molar-refractivity contribution in [2.75, 3.05) is 12.4 Å². The Balaban J connectivity index is 1.96. The first-order valence-corrected chi connectivity index (χ1v) is 7.49. The van der Waals surface area contributed by atoms with Gasteiger partial charge in [-0.25, -0.2) is 0 Å². The van der Waals surface area contributed by atoms with Gasteiger partial charge in [0.25, 0.3) is 0 Å². The third-order valence-corrected chi connectivity index (χ3v) is 4.65. The van der Waals surface area contributed by atoms with Gasteiger partial charge in [0, 0.05) is 5.41 Å². The van der Waals surface area contributed by atoms with Gasteiger partial charge in [0.15, 0.2) is 0 Å². The van der Waals surface area contributed by atoms with E-state index in [1.165, 1.54) is 31.4 Å². The molecule has 20 heavy (non-hydrogen) atoms. The van der Waals surface area contributed by atoms with Gasteiger partial charge in [-0.15, -0.1) is 0 Å². The predicted octanol–water partition coefficient (Wildman–Crippen LogP) is 4.96. The molecule has 0 heterocycles. The molecular weight excluding hydrogens is 285 g/mol. The first-order chi connectivity index (χ1) is 9.45. The lowest BCUT2D eigenvalue weighted by Crippen LogP contribution is -2.32. The lowest BCUT2D eigenvalue weighted by molar-refractivity contribution is -0.137. The molecule has 1 saturated carbocycles. The Labute approximate surface area is 122 Å². The van der Waals surface area contributed by atoms with E-state index in [-0.39, 0.29) is 5.41 Å². The summed E-state index contributed by atoms with van der Waals surface area (Å²) in [6, 6.07) is 4.89. The van der Waals surface area contributed by atoms with Crippen molar-refractivity contribution in [3.05, 3.63) is 29.8 Å². The maximum absolute atomic E-state index is 12.5. The quantitative estimate of drug-likeness (QED) is 0.773. The van der Waals surface area contributed by atoms with Crippen LogP contribution in [0.1, 0.15) is 37.7 Å². The van der Waals surface area contributed by atoms with Crippen LogP contribution in [0.3, 0.4) is 0 Å². The molecule has 1 aliphatic carbocycles. The Bertz CT molecular complexity index is 422. The van der Waals surface area contributed by atoms with E-state index in [1.54, 1.807) is 0 Å². The molecule has 0 aliphatic heterocycles. The van der Waals surface area contributed by atoms with Crippen LogP contribution in [0.15, 0.2) is 24.3 Å². The van der Waals surface area contributed by atoms with E-state index in [4.69, 9.17) is 4.74 Å². The summed E-state index contributed by atoms with van der Waals surface area (Å²) in [5.41, 5.74) is -0.573. The SMILES string of the molecule is FC(F)(F)c1ccc(OCC2(CS)CCCCC2)cc1. The highest BCUT2D eigenvalue weighted by atomic mass is 32.1. The van der Waals surface area contributed by atoms with E-state index in [1.807, 2.05) is 0 Å². The van der Waals surface area contributed by atoms with Gasteiger partial charge in [-0.05, 0) is 42.9 Å². The average Bonchev–Trinajstić information content (AvgIpc) is 2.46. The molecule has 1 aliphatic rings. The second kappa shape index (κ2) is 6.29. The van der Waals surface area contributed by atoms with Crippen molar-refractivity contribution in [2.24, 2.45) is 5.41 Å². The standard InChI is InChI=1S/C15H19F3OS/c16-15(17,18)12-4-6-13(7-5-12)19-10-14(11-20)8-2-1-3-9-14/h4-7,20H,1-3,8-11H2. The minimum Gasteiger partial charge on any atom is -0.493 e. The summed E-state index contributed by atoms with van der Waals surface area (Å²) in [5.74, 6) is 1.25. The average molecular weight is 304 g/mol. The zero-order valence-electron chi connectivity index (χ0n) is 11.2. The minimum absolute atomic E-state index is 0.0735. The summed E-state index contributed by atoms with van der Waals surface area (Å²) in [4.78, 5) is 0. The topological polar surface area (TPSA) is 9.23 Å². The molecule has 0 N–H and O–H groups in total. The summed E-state index contributed by atoms with van der Waals surface area (Å²) < 4.78 is 43.1. The molecule has 5 heteroatoms. The molecule has 0 saturated heterocycles. The van der Waals surface area contributed by atoms with E-state index < -0.39 is 11.7 Å². The molecule has 1 nitrogen and oxygen atoms in total. The van der Waals surface area contributed by atoms with E-state index in [2.05, 4.69) is 12.6 Å². The molecule has 2 rings (SSSR count). The summed E-state index contributed by atoms with van der Waals surface area (Å²) >= 11 is 4.42. The normalized spacial score (nSPS) is 18.8. The van der Waals surface area contributed by atoms with E-state index in [0.29, 0.717) is 12.4 Å². The molecule has 0 amide bonds. The van der Waals surface area contributed by atoms with E-state index in [0.717, 1.165) is 30.7 Å². The van der Waals surface area contributed by atoms with Gasteiger partial charge in [0.05, 0.1) is 12.2 Å². The zero-order chi connectivity index (χ0) is 14.6. The maximum Gasteiger partial charge on any atom is 0.416 e. The fourth-order valence-electron chi connectivity index (χ4n) is 2.63. The third kappa shape index (κ3) is 3.84. The van der Waals surface area contributed by atoms with Crippen LogP contribution in [0.25, 0.3) is 0 Å². The van der Waals surface area contributed by atoms with Gasteiger partial charge in [0.1, 0.15) is 5.75 Å².